The van der Waals surface area contributed by atoms with Gasteiger partial charge in [-0.15, -0.1) is 11.3 Å². The minimum absolute atomic E-state index is 0.0127. The Labute approximate surface area is 187 Å². The van der Waals surface area contributed by atoms with Crippen LogP contribution in [0.5, 0.6) is 5.75 Å². The van der Waals surface area contributed by atoms with Crippen LogP contribution in [0.4, 0.5) is 5.69 Å². The molecule has 3 N–H and O–H groups in total. The van der Waals surface area contributed by atoms with Gasteiger partial charge in [0.2, 0.25) is 0 Å². The van der Waals surface area contributed by atoms with Crippen LogP contribution in [0.3, 0.4) is 0 Å². The summed E-state index contributed by atoms with van der Waals surface area (Å²) in [5.74, 6) is -1.39. The number of rotatable bonds is 8. The summed E-state index contributed by atoms with van der Waals surface area (Å²) in [6.07, 6.45) is 2.83. The van der Waals surface area contributed by atoms with Crippen molar-refractivity contribution in [1.29, 1.82) is 0 Å². The summed E-state index contributed by atoms with van der Waals surface area (Å²) in [5, 5.41) is 18.2. The molecular weight excluding hydrogens is 432 g/mol. The van der Waals surface area contributed by atoms with Gasteiger partial charge in [0, 0.05) is 16.5 Å². The van der Waals surface area contributed by atoms with Gasteiger partial charge in [-0.3, -0.25) is 9.59 Å². The number of thiophene rings is 1. The fourth-order valence-electron chi connectivity index (χ4n) is 2.56. The van der Waals surface area contributed by atoms with E-state index in [-0.39, 0.29) is 22.1 Å². The number of hydrazone groups is 1. The minimum atomic E-state index is -0.634. The molecule has 0 aliphatic rings. The van der Waals surface area contributed by atoms with Gasteiger partial charge < -0.3 is 10.4 Å². The Bertz CT molecular complexity index is 1170. The third-order valence-corrected chi connectivity index (χ3v) is 4.92. The van der Waals surface area contributed by atoms with E-state index in [4.69, 9.17) is 0 Å². The molecule has 2 aromatic carbocycles. The third kappa shape index (κ3) is 5.86. The zero-order valence-electron chi connectivity index (χ0n) is 16.9. The van der Waals surface area contributed by atoms with E-state index in [9.17, 15) is 19.6 Å². The number of nitrogens with zero attached hydrogens (tertiary/aromatic N) is 2. The van der Waals surface area contributed by atoms with Crippen LogP contribution < -0.4 is 10.7 Å². The normalized spacial score (nSPS) is 11.2. The summed E-state index contributed by atoms with van der Waals surface area (Å²) < 4.78 is 0. The molecule has 162 valence electrons. The molecule has 0 aliphatic heterocycles. The van der Waals surface area contributed by atoms with Crippen LogP contribution in [0.25, 0.3) is 6.08 Å². The van der Waals surface area contributed by atoms with E-state index in [2.05, 4.69) is 20.7 Å². The van der Waals surface area contributed by atoms with Crippen LogP contribution in [-0.4, -0.2) is 35.2 Å². The van der Waals surface area contributed by atoms with Gasteiger partial charge >= 0.3 is 5.69 Å². The highest BCUT2D eigenvalue weighted by molar-refractivity contribution is 7.10. The number of aromatic hydroxyl groups is 1. The number of hydrogen-bond donors (Lipinski definition) is 3. The van der Waals surface area contributed by atoms with E-state index >= 15 is 0 Å². The monoisotopic (exact) mass is 451 g/mol. The van der Waals surface area contributed by atoms with Gasteiger partial charge in [-0.2, -0.15) is 5.10 Å². The van der Waals surface area contributed by atoms with Crippen LogP contribution in [0.1, 0.15) is 20.8 Å². The Morgan fingerprint density at radius 1 is 1.12 bits per heavy atom. The summed E-state index contributed by atoms with van der Waals surface area (Å²) in [6.45, 7) is 0. The Kier molecular flexibility index (Phi) is 7.44. The van der Waals surface area contributed by atoms with Crippen LogP contribution >= 0.6 is 11.3 Å². The van der Waals surface area contributed by atoms with Crippen molar-refractivity contribution in [2.45, 2.75) is 0 Å². The zero-order valence-corrected chi connectivity index (χ0v) is 17.7. The van der Waals surface area contributed by atoms with Crippen LogP contribution in [0.2, 0.25) is 0 Å². The zero-order chi connectivity index (χ0) is 22.9. The second-order valence-electron chi connectivity index (χ2n) is 6.28. The van der Waals surface area contributed by atoms with E-state index < -0.39 is 11.8 Å². The molecule has 10 heteroatoms. The van der Waals surface area contributed by atoms with Crippen molar-refractivity contribution >= 4 is 41.1 Å². The maximum atomic E-state index is 12.7. The second kappa shape index (κ2) is 10.6. The molecule has 3 aromatic rings. The molecule has 0 bridgehead atoms. The molecule has 0 unspecified atom stereocenters. The average Bonchev–Trinajstić information content (AvgIpc) is 3.32. The molecule has 3 rings (SSSR count). The number of hydrogen-bond acceptors (Lipinski definition) is 7. The summed E-state index contributed by atoms with van der Waals surface area (Å²) in [7, 11) is 1.18. The number of nitrogens with one attached hydrogen (secondary N) is 2. The molecule has 0 fully saturated rings. The number of phenols is 1. The molecule has 0 spiro atoms. The lowest BCUT2D eigenvalue weighted by molar-refractivity contribution is -0.736. The Hall–Kier alpha value is -4.31. The molecule has 32 heavy (non-hydrogen) atoms. The van der Waals surface area contributed by atoms with E-state index in [1.807, 2.05) is 11.4 Å². The maximum Gasteiger partial charge on any atom is 0.357 e. The fraction of sp³-hybridized carbons (Fsp3) is 0.0455. The summed E-state index contributed by atoms with van der Waals surface area (Å²) in [5.41, 5.74) is 3.11. The fourth-order valence-corrected chi connectivity index (χ4v) is 3.21. The number of benzene rings is 2. The molecule has 1 aromatic heterocycles. The van der Waals surface area contributed by atoms with Crippen molar-refractivity contribution in [3.05, 3.63) is 92.7 Å². The van der Waals surface area contributed by atoms with Gasteiger partial charge in [0.05, 0.1) is 11.1 Å². The topological polar surface area (TPSA) is 120 Å². The predicted octanol–water partition coefficient (Wildman–Crippen LogP) is 3.35. The number of carbonyl (C=O) groups is 2. The van der Waals surface area contributed by atoms with Gasteiger partial charge in [0.1, 0.15) is 5.70 Å². The van der Waals surface area contributed by atoms with Crippen LogP contribution in [0, 0.1) is 4.91 Å². The molecule has 0 radical (unpaired) electrons. The van der Waals surface area contributed by atoms with Crippen molar-refractivity contribution in [2.24, 2.45) is 5.10 Å². The van der Waals surface area contributed by atoms with Crippen LogP contribution in [-0.2, 0) is 9.63 Å². The van der Waals surface area contributed by atoms with Gasteiger partial charge in [0.15, 0.2) is 12.9 Å². The largest absolute Gasteiger partial charge is 0.502 e. The SMILES string of the molecule is CO[N+](=O)c1ccc(/C=N/NC(=O)/C(=C\c2cccs2)NC(=O)c2ccccc2)cc1O. The van der Waals surface area contributed by atoms with Gasteiger partial charge in [-0.1, -0.05) is 24.3 Å². The van der Waals surface area contributed by atoms with E-state index in [0.29, 0.717) is 11.1 Å². The predicted molar refractivity (Wildman–Crippen MR) is 120 cm³/mol. The van der Waals surface area contributed by atoms with Crippen molar-refractivity contribution in [3.63, 3.8) is 0 Å². The molecule has 1 heterocycles. The van der Waals surface area contributed by atoms with Crippen LogP contribution in [0.15, 0.2) is 76.8 Å². The standard InChI is InChI=1S/C22H18N4O5S/c1-31-26(30)19-10-9-15(12-20(19)27)14-23-25-22(29)18(13-17-8-5-11-32-17)24-21(28)16-6-3-2-4-7-16/h2-14H,1H3,(H2-,24,25,27,28,29,30)/p+1/b18-13+. The van der Waals surface area contributed by atoms with Gasteiger partial charge in [-0.25, -0.2) is 10.3 Å². The first kappa shape index (κ1) is 22.4. The average molecular weight is 451 g/mol. The first-order valence-corrected chi connectivity index (χ1v) is 10.2. The maximum absolute atomic E-state index is 12.7. The second-order valence-corrected chi connectivity index (χ2v) is 7.26. The third-order valence-electron chi connectivity index (χ3n) is 4.10. The van der Waals surface area contributed by atoms with Gasteiger partial charge in [0.25, 0.3) is 16.7 Å². The lowest BCUT2D eigenvalue weighted by Crippen LogP contribution is -2.32. The molecule has 0 saturated heterocycles. The lowest BCUT2D eigenvalue weighted by atomic mass is 10.2. The number of amides is 2. The lowest BCUT2D eigenvalue weighted by Gasteiger charge is -2.08. The molecule has 0 aliphatic carbocycles. The molecule has 9 nitrogen and oxygen atoms in total. The quantitative estimate of drug-likeness (QED) is 0.276. The first-order valence-electron chi connectivity index (χ1n) is 9.27. The molecule has 2 amide bonds. The molecular formula is C22H19N4O5S+. The van der Waals surface area contributed by atoms with E-state index in [1.165, 1.54) is 42.9 Å². The van der Waals surface area contributed by atoms with Crippen molar-refractivity contribution in [3.8, 4) is 5.75 Å². The van der Waals surface area contributed by atoms with Crippen molar-refractivity contribution in [2.75, 3.05) is 7.11 Å². The molecule has 0 atom stereocenters. The van der Waals surface area contributed by atoms with Crippen molar-refractivity contribution in [1.82, 2.24) is 10.7 Å². The minimum Gasteiger partial charge on any atom is -0.502 e. The summed E-state index contributed by atoms with van der Waals surface area (Å²) >= 11 is 1.41. The highest BCUT2D eigenvalue weighted by atomic mass is 32.1. The number of phenolic OH excluding ortho intramolecular Hbond substituents is 1. The Morgan fingerprint density at radius 2 is 1.91 bits per heavy atom. The van der Waals surface area contributed by atoms with Gasteiger partial charge in [-0.05, 0) is 47.4 Å². The first-order chi connectivity index (χ1) is 15.5. The smallest absolute Gasteiger partial charge is 0.357 e. The van der Waals surface area contributed by atoms with E-state index in [1.54, 1.807) is 42.5 Å². The Balaban J connectivity index is 1.73. The summed E-state index contributed by atoms with van der Waals surface area (Å²) in [4.78, 5) is 42.0. The Morgan fingerprint density at radius 3 is 2.56 bits per heavy atom. The number of carbonyl (C=O) groups excluding carboxylic acids is 2. The van der Waals surface area contributed by atoms with E-state index in [0.717, 1.165) is 4.88 Å². The summed E-state index contributed by atoms with van der Waals surface area (Å²) in [6, 6.07) is 16.3. The molecule has 0 saturated carbocycles. The van der Waals surface area contributed by atoms with Crippen molar-refractivity contribution < 1.29 is 24.5 Å². The highest BCUT2D eigenvalue weighted by Crippen LogP contribution is 2.26. The highest BCUT2D eigenvalue weighted by Gasteiger charge is 2.20.